The third kappa shape index (κ3) is 7.05. The van der Waals surface area contributed by atoms with Crippen LogP contribution in [-0.4, -0.2) is 91.5 Å². The van der Waals surface area contributed by atoms with E-state index >= 15 is 0 Å². The predicted octanol–water partition coefficient (Wildman–Crippen LogP) is 4.59. The van der Waals surface area contributed by atoms with E-state index in [1.807, 2.05) is 36.4 Å². The van der Waals surface area contributed by atoms with E-state index in [0.29, 0.717) is 66.1 Å². The highest BCUT2D eigenvalue weighted by molar-refractivity contribution is 7.89. The van der Waals surface area contributed by atoms with Gasteiger partial charge >= 0.3 is 0 Å². The fourth-order valence-electron chi connectivity index (χ4n) is 7.52. The lowest BCUT2D eigenvalue weighted by atomic mass is 9.90. The van der Waals surface area contributed by atoms with E-state index < -0.39 is 15.8 Å². The molecular formula is C40H39ClN6O6S. The molecule has 2 fully saturated rings. The minimum absolute atomic E-state index is 0.0510. The minimum atomic E-state index is -3.66. The molecule has 0 spiro atoms. The molecule has 0 unspecified atom stereocenters. The van der Waals surface area contributed by atoms with Gasteiger partial charge in [0, 0.05) is 77.7 Å². The minimum Gasteiger partial charge on any atom is -0.571 e. The molecule has 3 aliphatic rings. The number of hydrogen-bond acceptors (Lipinski definition) is 9. The summed E-state index contributed by atoms with van der Waals surface area (Å²) in [5, 5.41) is 17.2. The molecule has 0 N–H and O–H groups in total. The monoisotopic (exact) mass is 766 g/mol. The number of anilines is 1. The van der Waals surface area contributed by atoms with Gasteiger partial charge in [-0.25, -0.2) is 8.42 Å². The third-order valence-electron chi connectivity index (χ3n) is 10.5. The van der Waals surface area contributed by atoms with Gasteiger partial charge in [0.2, 0.25) is 27.3 Å². The predicted molar refractivity (Wildman–Crippen MR) is 203 cm³/mol. The number of morpholine rings is 1. The van der Waals surface area contributed by atoms with Crippen molar-refractivity contribution in [3.05, 3.63) is 135 Å². The number of carbonyl (C=O) groups excluding carboxylic acids is 2. The Hall–Kier alpha value is -4.92. The van der Waals surface area contributed by atoms with Crippen molar-refractivity contribution in [1.82, 2.24) is 19.0 Å². The van der Waals surface area contributed by atoms with E-state index in [4.69, 9.17) is 16.3 Å². The molecule has 3 heterocycles. The van der Waals surface area contributed by atoms with E-state index in [2.05, 4.69) is 39.2 Å². The lowest BCUT2D eigenvalue weighted by Crippen LogP contribution is -2.46. The van der Waals surface area contributed by atoms with Crippen LogP contribution in [0.3, 0.4) is 0 Å². The molecule has 1 aromatic heterocycles. The molecule has 0 amide bonds. The van der Waals surface area contributed by atoms with Gasteiger partial charge in [0.25, 0.3) is 0 Å². The molecule has 2 saturated heterocycles. The van der Waals surface area contributed by atoms with Crippen LogP contribution in [0.4, 0.5) is 5.69 Å². The molecule has 14 heteroatoms. The highest BCUT2D eigenvalue weighted by Crippen LogP contribution is 2.31. The van der Waals surface area contributed by atoms with E-state index in [-0.39, 0.29) is 29.3 Å². The molecule has 0 radical (unpaired) electrons. The Morgan fingerprint density at radius 2 is 1.48 bits per heavy atom. The van der Waals surface area contributed by atoms with Crippen LogP contribution in [0.15, 0.2) is 95.9 Å². The molecule has 0 bridgehead atoms. The second-order valence-corrected chi connectivity index (χ2v) is 16.1. The van der Waals surface area contributed by atoms with Crippen molar-refractivity contribution in [1.29, 1.82) is 0 Å². The number of sulfonamides is 1. The topological polar surface area (TPSA) is 132 Å². The van der Waals surface area contributed by atoms with Gasteiger partial charge in [0.05, 0.1) is 24.7 Å². The summed E-state index contributed by atoms with van der Waals surface area (Å²) < 4.78 is 35.3. The summed E-state index contributed by atoms with van der Waals surface area (Å²) in [4.78, 5) is 31.5. The molecule has 8 rings (SSSR count). The zero-order valence-electron chi connectivity index (χ0n) is 29.6. The van der Waals surface area contributed by atoms with Gasteiger partial charge in [-0.15, -0.1) is 4.68 Å². The lowest BCUT2D eigenvalue weighted by Gasteiger charge is -2.36. The first-order valence-corrected chi connectivity index (χ1v) is 19.9. The van der Waals surface area contributed by atoms with Crippen LogP contribution in [-0.2, 0) is 34.3 Å². The summed E-state index contributed by atoms with van der Waals surface area (Å²) >= 11 is 6.19. The Balaban J connectivity index is 0.901. The number of halogens is 1. The van der Waals surface area contributed by atoms with Crippen LogP contribution in [0.2, 0.25) is 5.02 Å². The molecule has 0 saturated carbocycles. The van der Waals surface area contributed by atoms with Crippen LogP contribution in [0.1, 0.15) is 49.7 Å². The van der Waals surface area contributed by atoms with E-state index in [1.54, 1.807) is 30.3 Å². The summed E-state index contributed by atoms with van der Waals surface area (Å²) in [6.45, 7) is 5.55. The van der Waals surface area contributed by atoms with Gasteiger partial charge < -0.3 is 14.8 Å². The van der Waals surface area contributed by atoms with Crippen molar-refractivity contribution in [2.75, 3.05) is 57.4 Å². The molecular weight excluding hydrogens is 728 g/mol. The van der Waals surface area contributed by atoms with E-state index in [0.717, 1.165) is 54.1 Å². The molecule has 278 valence electrons. The first kappa shape index (κ1) is 36.1. The maximum absolute atomic E-state index is 13.6. The van der Waals surface area contributed by atoms with Crippen LogP contribution < -0.4 is 9.86 Å². The summed E-state index contributed by atoms with van der Waals surface area (Å²) in [7, 11) is -3.66. The Labute approximate surface area is 318 Å². The average molecular weight is 767 g/mol. The van der Waals surface area contributed by atoms with Crippen molar-refractivity contribution in [3.63, 3.8) is 0 Å². The van der Waals surface area contributed by atoms with E-state index in [9.17, 15) is 23.2 Å². The number of piperazine rings is 1. The number of ketones is 2. The van der Waals surface area contributed by atoms with Gasteiger partial charge in [-0.2, -0.15) is 4.31 Å². The van der Waals surface area contributed by atoms with Crippen molar-refractivity contribution in [2.45, 2.75) is 30.8 Å². The second-order valence-electron chi connectivity index (χ2n) is 13.8. The smallest absolute Gasteiger partial charge is 0.243 e. The van der Waals surface area contributed by atoms with E-state index in [1.165, 1.54) is 8.99 Å². The van der Waals surface area contributed by atoms with Crippen LogP contribution in [0.25, 0.3) is 11.1 Å². The number of rotatable bonds is 10. The normalized spacial score (nSPS) is 16.7. The largest absolute Gasteiger partial charge is 0.571 e. The highest BCUT2D eigenvalue weighted by atomic mass is 35.5. The first-order chi connectivity index (χ1) is 26.2. The fraction of sp³-hybridized carbons (Fsp3) is 0.300. The fourth-order valence-corrected chi connectivity index (χ4v) is 9.11. The highest BCUT2D eigenvalue weighted by Gasteiger charge is 2.39. The molecule has 5 aromatic rings. The average Bonchev–Trinajstić information content (AvgIpc) is 3.54. The Bertz CT molecular complexity index is 2320. The third-order valence-corrected chi connectivity index (χ3v) is 12.6. The SMILES string of the molecule is O=C1c2ccccc2C(=O)c2c1n[n+]([O-])n2CCCc1ccc(N2CCN(Cc3cc(S(=O)(=O)N4CCOCC4)ccc3-c3ccc(Cl)cc3)CC2)cc1. The Kier molecular flexibility index (Phi) is 10.1. The molecule has 54 heavy (non-hydrogen) atoms. The molecule has 0 atom stereocenters. The zero-order chi connectivity index (χ0) is 37.4. The van der Waals surface area contributed by atoms with Gasteiger partial charge in [0.15, 0.2) is 5.69 Å². The van der Waals surface area contributed by atoms with Crippen LogP contribution >= 0.6 is 11.6 Å². The number of carbonyl (C=O) groups is 2. The van der Waals surface area contributed by atoms with Gasteiger partial charge in [0.1, 0.15) is 0 Å². The quantitative estimate of drug-likeness (QED) is 0.145. The number of benzene rings is 4. The Morgan fingerprint density at radius 1 is 0.796 bits per heavy atom. The molecule has 1 aliphatic carbocycles. The number of fused-ring (bicyclic) bond motifs is 2. The molecule has 4 aromatic carbocycles. The zero-order valence-corrected chi connectivity index (χ0v) is 31.1. The van der Waals surface area contributed by atoms with Gasteiger partial charge in [-0.3, -0.25) is 14.5 Å². The first-order valence-electron chi connectivity index (χ1n) is 18.1. The van der Waals surface area contributed by atoms with Crippen molar-refractivity contribution in [2.24, 2.45) is 0 Å². The summed E-state index contributed by atoms with van der Waals surface area (Å²) in [6, 6.07) is 28.0. The summed E-state index contributed by atoms with van der Waals surface area (Å²) in [6.07, 6.45) is 1.26. The van der Waals surface area contributed by atoms with Crippen molar-refractivity contribution >= 4 is 38.9 Å². The standard InChI is InChI=1S/C40H39ClN6O6S/c41-31-11-9-29(10-12-31)34-16-15-33(54(51,52)45-22-24-53-25-23-45)26-30(34)27-43-18-20-44(21-19-43)32-13-7-28(8-14-32)4-3-17-46-38-37(42-47(46)50)39(48)35-5-1-2-6-36(35)40(38)49/h1-2,5-16,26H,3-4,17-25,27H2. The van der Waals surface area contributed by atoms with Crippen molar-refractivity contribution < 1.29 is 27.7 Å². The van der Waals surface area contributed by atoms with Gasteiger partial charge in [-0.05, 0) is 71.5 Å². The van der Waals surface area contributed by atoms with Crippen LogP contribution in [0, 0.1) is 5.21 Å². The number of aryl methyl sites for hydroxylation is 1. The van der Waals surface area contributed by atoms with Crippen LogP contribution in [0.5, 0.6) is 0 Å². The summed E-state index contributed by atoms with van der Waals surface area (Å²) in [5.41, 5.74) is 5.64. The van der Waals surface area contributed by atoms with Crippen molar-refractivity contribution in [3.8, 4) is 11.1 Å². The van der Waals surface area contributed by atoms with Gasteiger partial charge in [-0.1, -0.05) is 66.2 Å². The lowest BCUT2D eigenvalue weighted by molar-refractivity contribution is -0.749. The number of hydrogen-bond donors (Lipinski definition) is 0. The Morgan fingerprint density at radius 3 is 2.19 bits per heavy atom. The number of aromatic nitrogens is 3. The molecule has 12 nitrogen and oxygen atoms in total. The number of nitrogens with zero attached hydrogens (tertiary/aromatic N) is 6. The second kappa shape index (κ2) is 15.1. The molecule has 2 aliphatic heterocycles. The number of ether oxygens (including phenoxy) is 1. The maximum atomic E-state index is 13.6. The maximum Gasteiger partial charge on any atom is 0.243 e. The summed E-state index contributed by atoms with van der Waals surface area (Å²) in [5.74, 6) is -0.772.